The van der Waals surface area contributed by atoms with Crippen molar-refractivity contribution in [3.05, 3.63) is 66.3 Å². The first kappa shape index (κ1) is 17.4. The van der Waals surface area contributed by atoms with E-state index in [1.165, 1.54) is 0 Å². The van der Waals surface area contributed by atoms with Crippen LogP contribution in [0.25, 0.3) is 6.08 Å². The van der Waals surface area contributed by atoms with E-state index in [0.717, 1.165) is 13.6 Å². The van der Waals surface area contributed by atoms with E-state index in [0.29, 0.717) is 16.3 Å². The summed E-state index contributed by atoms with van der Waals surface area (Å²) in [5.41, 5.74) is 1.50. The average molecular weight is 519 g/mol. The Balaban J connectivity index is 2.03. The number of ether oxygens (including phenoxy) is 2. The molecule has 0 saturated heterocycles. The quantitative estimate of drug-likeness (QED) is 0.324. The summed E-state index contributed by atoms with van der Waals surface area (Å²) < 4.78 is 12.4. The van der Waals surface area contributed by atoms with Crippen LogP contribution in [0, 0.1) is 3.57 Å². The third kappa shape index (κ3) is 3.65. The lowest BCUT2D eigenvalue weighted by atomic mass is 10.1. The van der Waals surface area contributed by atoms with Gasteiger partial charge in [0.1, 0.15) is 5.75 Å². The van der Waals surface area contributed by atoms with Crippen LogP contribution < -0.4 is 4.74 Å². The van der Waals surface area contributed by atoms with E-state index >= 15 is 0 Å². The molecule has 0 N–H and O–H groups in total. The van der Waals surface area contributed by atoms with E-state index in [2.05, 4.69) is 43.5 Å². The van der Waals surface area contributed by atoms with Gasteiger partial charge in [0.25, 0.3) is 0 Å². The number of rotatable bonds is 3. The molecule has 0 aliphatic carbocycles. The highest BCUT2D eigenvalue weighted by Crippen LogP contribution is 2.29. The fourth-order valence-corrected chi connectivity index (χ4v) is 3.22. The molecule has 1 aliphatic rings. The van der Waals surface area contributed by atoms with Crippen LogP contribution in [0.4, 0.5) is 0 Å². The molecule has 24 heavy (non-hydrogen) atoms. The summed E-state index contributed by atoms with van der Waals surface area (Å²) in [5.74, 6) is 0.306. The van der Waals surface area contributed by atoms with E-state index < -0.39 is 5.97 Å². The minimum absolute atomic E-state index is 0.191. The molecule has 2 aromatic carbocycles. The molecule has 1 aliphatic heterocycles. The smallest absolute Gasteiger partial charge is 0.363 e. The zero-order chi connectivity index (χ0) is 17.3. The zero-order valence-electron chi connectivity index (χ0n) is 12.3. The van der Waals surface area contributed by atoms with E-state index in [1.807, 2.05) is 24.3 Å². The Hall–Kier alpha value is -1.38. The standard InChI is InChI=1S/C17H10BrClINO3/c1-23-15-5-2-10(18)6-9(15)7-14-17(22)24-16(21-14)12-8-11(20)3-4-13(12)19/h2-8H,1H3/b14-7+. The highest BCUT2D eigenvalue weighted by Gasteiger charge is 2.26. The fraction of sp³-hybridized carbons (Fsp3) is 0.0588. The number of hydrogen-bond donors (Lipinski definition) is 0. The fourth-order valence-electron chi connectivity index (χ4n) is 2.15. The van der Waals surface area contributed by atoms with E-state index in [9.17, 15) is 4.79 Å². The Kier molecular flexibility index (Phi) is 5.27. The molecule has 0 radical (unpaired) electrons. The van der Waals surface area contributed by atoms with Gasteiger partial charge in [-0.25, -0.2) is 9.79 Å². The Labute approximate surface area is 165 Å². The lowest BCUT2D eigenvalue weighted by Gasteiger charge is -2.04. The molecule has 0 spiro atoms. The first-order valence-corrected chi connectivity index (χ1v) is 9.04. The molecule has 122 valence electrons. The first-order chi connectivity index (χ1) is 11.5. The van der Waals surface area contributed by atoms with Gasteiger partial charge in [0.15, 0.2) is 5.70 Å². The SMILES string of the molecule is COc1ccc(Br)cc1/C=C1/N=C(c2cc(I)ccc2Cl)OC1=O. The summed E-state index contributed by atoms with van der Waals surface area (Å²) in [6, 6.07) is 10.9. The summed E-state index contributed by atoms with van der Waals surface area (Å²) in [7, 11) is 1.57. The third-order valence-electron chi connectivity index (χ3n) is 3.26. The number of carbonyl (C=O) groups is 1. The van der Waals surface area contributed by atoms with Crippen LogP contribution in [-0.2, 0) is 9.53 Å². The van der Waals surface area contributed by atoms with Crippen LogP contribution in [0.3, 0.4) is 0 Å². The maximum absolute atomic E-state index is 12.1. The molecule has 0 bridgehead atoms. The lowest BCUT2D eigenvalue weighted by molar-refractivity contribution is -0.129. The molecule has 0 aromatic heterocycles. The second-order valence-corrected chi connectivity index (χ2v) is 7.42. The van der Waals surface area contributed by atoms with E-state index in [1.54, 1.807) is 25.3 Å². The van der Waals surface area contributed by atoms with Crippen molar-refractivity contribution in [3.63, 3.8) is 0 Å². The molecule has 0 atom stereocenters. The molecule has 4 nitrogen and oxygen atoms in total. The number of esters is 1. The maximum Gasteiger partial charge on any atom is 0.363 e. The first-order valence-electron chi connectivity index (χ1n) is 6.79. The van der Waals surface area contributed by atoms with Crippen molar-refractivity contribution >= 4 is 68.1 Å². The summed E-state index contributed by atoms with van der Waals surface area (Å²) >= 11 is 11.7. The summed E-state index contributed by atoms with van der Waals surface area (Å²) in [5, 5.41) is 0.475. The maximum atomic E-state index is 12.1. The van der Waals surface area contributed by atoms with Crippen molar-refractivity contribution in [2.45, 2.75) is 0 Å². The second kappa shape index (κ2) is 7.25. The second-order valence-electron chi connectivity index (χ2n) is 4.85. The van der Waals surface area contributed by atoms with Crippen LogP contribution in [-0.4, -0.2) is 19.0 Å². The molecule has 0 unspecified atom stereocenters. The van der Waals surface area contributed by atoms with Gasteiger partial charge in [0.05, 0.1) is 17.7 Å². The number of benzene rings is 2. The molecule has 3 rings (SSSR count). The Morgan fingerprint density at radius 3 is 2.83 bits per heavy atom. The molecular weight excluding hydrogens is 508 g/mol. The summed E-state index contributed by atoms with van der Waals surface area (Å²) in [6.45, 7) is 0. The lowest BCUT2D eigenvalue weighted by Crippen LogP contribution is -2.06. The van der Waals surface area contributed by atoms with Crippen molar-refractivity contribution in [1.82, 2.24) is 0 Å². The van der Waals surface area contributed by atoms with Gasteiger partial charge < -0.3 is 9.47 Å². The third-order valence-corrected chi connectivity index (χ3v) is 4.76. The van der Waals surface area contributed by atoms with E-state index in [4.69, 9.17) is 21.1 Å². The van der Waals surface area contributed by atoms with Gasteiger partial charge >= 0.3 is 5.97 Å². The van der Waals surface area contributed by atoms with Gasteiger partial charge in [-0.05, 0) is 65.1 Å². The highest BCUT2D eigenvalue weighted by molar-refractivity contribution is 14.1. The number of methoxy groups -OCH3 is 1. The van der Waals surface area contributed by atoms with Gasteiger partial charge in [-0.3, -0.25) is 0 Å². The molecule has 0 amide bonds. The van der Waals surface area contributed by atoms with Crippen molar-refractivity contribution < 1.29 is 14.3 Å². The number of hydrogen-bond acceptors (Lipinski definition) is 4. The van der Waals surface area contributed by atoms with Gasteiger partial charge in [0, 0.05) is 13.6 Å². The van der Waals surface area contributed by atoms with E-state index in [-0.39, 0.29) is 11.6 Å². The number of halogens is 3. The van der Waals surface area contributed by atoms with Gasteiger partial charge in [0.2, 0.25) is 5.90 Å². The number of cyclic esters (lactones) is 1. The van der Waals surface area contributed by atoms with Crippen molar-refractivity contribution in [1.29, 1.82) is 0 Å². The minimum Gasteiger partial charge on any atom is -0.496 e. The van der Waals surface area contributed by atoms with Crippen LogP contribution in [0.1, 0.15) is 11.1 Å². The normalized spacial score (nSPS) is 15.4. The molecule has 0 saturated carbocycles. The van der Waals surface area contributed by atoms with Crippen molar-refractivity contribution in [3.8, 4) is 5.75 Å². The predicted molar refractivity (Wildman–Crippen MR) is 105 cm³/mol. The number of aliphatic imine (C=N–C) groups is 1. The Morgan fingerprint density at radius 1 is 1.29 bits per heavy atom. The zero-order valence-corrected chi connectivity index (χ0v) is 16.8. The van der Waals surface area contributed by atoms with Gasteiger partial charge in [-0.15, -0.1) is 0 Å². The van der Waals surface area contributed by atoms with Crippen LogP contribution >= 0.6 is 50.1 Å². The summed E-state index contributed by atoms with van der Waals surface area (Å²) in [6.07, 6.45) is 1.63. The highest BCUT2D eigenvalue weighted by atomic mass is 127. The molecular formula is C17H10BrClINO3. The van der Waals surface area contributed by atoms with Crippen LogP contribution in [0.15, 0.2) is 51.6 Å². The number of nitrogens with zero attached hydrogens (tertiary/aromatic N) is 1. The predicted octanol–water partition coefficient (Wildman–Crippen LogP) is 5.06. The molecule has 7 heteroatoms. The summed E-state index contributed by atoms with van der Waals surface area (Å²) in [4.78, 5) is 16.4. The molecule has 2 aromatic rings. The minimum atomic E-state index is -0.526. The Morgan fingerprint density at radius 2 is 2.08 bits per heavy atom. The number of carbonyl (C=O) groups excluding carboxylic acids is 1. The average Bonchev–Trinajstić information content (AvgIpc) is 2.91. The monoisotopic (exact) mass is 517 g/mol. The topological polar surface area (TPSA) is 47.9 Å². The Bertz CT molecular complexity index is 895. The molecule has 1 heterocycles. The van der Waals surface area contributed by atoms with Crippen molar-refractivity contribution in [2.75, 3.05) is 7.11 Å². The van der Waals surface area contributed by atoms with Crippen molar-refractivity contribution in [2.24, 2.45) is 4.99 Å². The molecule has 0 fully saturated rings. The largest absolute Gasteiger partial charge is 0.496 e. The van der Waals surface area contributed by atoms with Crippen LogP contribution in [0.2, 0.25) is 5.02 Å². The van der Waals surface area contributed by atoms with Gasteiger partial charge in [-0.1, -0.05) is 27.5 Å². The van der Waals surface area contributed by atoms with Gasteiger partial charge in [-0.2, -0.15) is 0 Å². The van der Waals surface area contributed by atoms with Crippen LogP contribution in [0.5, 0.6) is 5.75 Å².